The molecule has 0 radical (unpaired) electrons. The second-order valence-electron chi connectivity index (χ2n) is 10.3. The SMILES string of the molecule is CCC(NCCS(C)(=O)=O)C1(c2ccc3ncnc(Nc4ccc(OCc5cccc(F)c5)c(Cl)c4)c3c2)CC=CO1. The number of fused-ring (bicyclic) bond motifs is 1. The minimum atomic E-state index is -3.10. The summed E-state index contributed by atoms with van der Waals surface area (Å²) in [5, 5.41) is 7.93. The number of benzene rings is 3. The molecular formula is C31H32ClFN4O4S. The van der Waals surface area contributed by atoms with Crippen LogP contribution in [0.2, 0.25) is 5.02 Å². The highest BCUT2D eigenvalue weighted by Gasteiger charge is 2.42. The van der Waals surface area contributed by atoms with Gasteiger partial charge in [0, 0.05) is 30.3 Å². The highest BCUT2D eigenvalue weighted by atomic mass is 35.5. The van der Waals surface area contributed by atoms with Crippen LogP contribution in [0.25, 0.3) is 10.9 Å². The Kier molecular flexibility index (Phi) is 8.96. The topological polar surface area (TPSA) is 102 Å². The van der Waals surface area contributed by atoms with Crippen LogP contribution in [-0.2, 0) is 26.8 Å². The highest BCUT2D eigenvalue weighted by molar-refractivity contribution is 7.90. The van der Waals surface area contributed by atoms with E-state index < -0.39 is 15.4 Å². The Labute approximate surface area is 249 Å². The second kappa shape index (κ2) is 12.6. The lowest BCUT2D eigenvalue weighted by Crippen LogP contribution is -2.49. The quantitative estimate of drug-likeness (QED) is 0.193. The van der Waals surface area contributed by atoms with Crippen LogP contribution in [-0.4, -0.2) is 43.0 Å². The average molecular weight is 611 g/mol. The number of nitrogens with one attached hydrogen (secondary N) is 2. The molecule has 11 heteroatoms. The third-order valence-electron chi connectivity index (χ3n) is 7.23. The first-order chi connectivity index (χ1) is 20.2. The average Bonchev–Trinajstić information content (AvgIpc) is 3.45. The van der Waals surface area contributed by atoms with Gasteiger partial charge in [0.25, 0.3) is 0 Å². The maximum atomic E-state index is 13.5. The molecule has 0 spiro atoms. The van der Waals surface area contributed by atoms with Gasteiger partial charge in [0.2, 0.25) is 0 Å². The van der Waals surface area contributed by atoms with Crippen LogP contribution in [0.5, 0.6) is 5.75 Å². The summed E-state index contributed by atoms with van der Waals surface area (Å²) < 4.78 is 49.0. The number of anilines is 2. The molecule has 2 heterocycles. The van der Waals surface area contributed by atoms with Gasteiger partial charge in [-0.05, 0) is 66.1 Å². The smallest absolute Gasteiger partial charge is 0.152 e. The summed E-state index contributed by atoms with van der Waals surface area (Å²) in [6, 6.07) is 17.4. The van der Waals surface area contributed by atoms with Crippen molar-refractivity contribution in [2.45, 2.75) is 38.0 Å². The predicted molar refractivity (Wildman–Crippen MR) is 163 cm³/mol. The van der Waals surface area contributed by atoms with Crippen LogP contribution in [0.1, 0.15) is 30.9 Å². The molecule has 2 unspecified atom stereocenters. The van der Waals surface area contributed by atoms with Crippen LogP contribution in [0, 0.1) is 5.82 Å². The fourth-order valence-electron chi connectivity index (χ4n) is 5.15. The molecule has 5 rings (SSSR count). The maximum Gasteiger partial charge on any atom is 0.152 e. The van der Waals surface area contributed by atoms with E-state index in [1.807, 2.05) is 37.3 Å². The van der Waals surface area contributed by atoms with E-state index in [9.17, 15) is 12.8 Å². The van der Waals surface area contributed by atoms with Crippen molar-refractivity contribution in [3.8, 4) is 5.75 Å². The molecular weight excluding hydrogens is 579 g/mol. The Bertz CT molecular complexity index is 1710. The molecule has 0 saturated carbocycles. The van der Waals surface area contributed by atoms with Crippen molar-refractivity contribution in [3.63, 3.8) is 0 Å². The molecule has 1 aliphatic rings. The number of rotatable bonds is 12. The van der Waals surface area contributed by atoms with Crippen LogP contribution in [0.4, 0.5) is 15.9 Å². The first-order valence-corrected chi connectivity index (χ1v) is 16.0. The van der Waals surface area contributed by atoms with Crippen molar-refractivity contribution < 1.29 is 22.3 Å². The minimum absolute atomic E-state index is 0.0455. The normalized spacial score (nSPS) is 17.2. The molecule has 2 atom stereocenters. The molecule has 0 amide bonds. The second-order valence-corrected chi connectivity index (χ2v) is 12.9. The molecule has 1 aromatic heterocycles. The number of aromatic nitrogens is 2. The van der Waals surface area contributed by atoms with Crippen molar-refractivity contribution in [1.29, 1.82) is 0 Å². The van der Waals surface area contributed by atoms with Gasteiger partial charge >= 0.3 is 0 Å². The Morgan fingerprint density at radius 2 is 2.00 bits per heavy atom. The van der Waals surface area contributed by atoms with Crippen LogP contribution in [0.3, 0.4) is 0 Å². The van der Waals surface area contributed by atoms with Gasteiger partial charge in [-0.25, -0.2) is 22.8 Å². The van der Waals surface area contributed by atoms with Crippen molar-refractivity contribution in [2.24, 2.45) is 0 Å². The molecule has 0 bridgehead atoms. The molecule has 0 aliphatic carbocycles. The van der Waals surface area contributed by atoms with Crippen LogP contribution >= 0.6 is 11.6 Å². The summed E-state index contributed by atoms with van der Waals surface area (Å²) in [6.45, 7) is 2.56. The van der Waals surface area contributed by atoms with E-state index in [1.165, 1.54) is 24.7 Å². The van der Waals surface area contributed by atoms with Gasteiger partial charge in [-0.3, -0.25) is 0 Å². The molecule has 1 aliphatic heterocycles. The Balaban J connectivity index is 1.39. The summed E-state index contributed by atoms with van der Waals surface area (Å²) in [5.74, 6) is 0.787. The third kappa shape index (κ3) is 6.83. The van der Waals surface area contributed by atoms with Crippen molar-refractivity contribution in [1.82, 2.24) is 15.3 Å². The standard InChI is InChI=1S/C31H32ClFN4O4S/c1-3-29(34-13-15-42(2,38)39)31(12-5-14-41-31)22-8-10-27-25(17-22)30(36-20-35-27)37-24-9-11-28(26(32)18-24)40-19-21-6-4-7-23(33)16-21/h4-11,14,16-18,20,29,34H,3,12-13,15,19H2,1-2H3,(H,35,36,37). The van der Waals surface area contributed by atoms with Crippen LogP contribution < -0.4 is 15.4 Å². The lowest BCUT2D eigenvalue weighted by atomic mass is 9.82. The zero-order valence-corrected chi connectivity index (χ0v) is 24.9. The van der Waals surface area contributed by atoms with Gasteiger partial charge in [0.1, 0.15) is 40.2 Å². The van der Waals surface area contributed by atoms with Gasteiger partial charge in [-0.2, -0.15) is 0 Å². The van der Waals surface area contributed by atoms with E-state index >= 15 is 0 Å². The number of sulfone groups is 1. The van der Waals surface area contributed by atoms with E-state index in [2.05, 4.69) is 20.6 Å². The summed E-state index contributed by atoms with van der Waals surface area (Å²) >= 11 is 6.52. The first-order valence-electron chi connectivity index (χ1n) is 13.6. The minimum Gasteiger partial charge on any atom is -0.489 e. The maximum absolute atomic E-state index is 13.5. The van der Waals surface area contributed by atoms with E-state index in [-0.39, 0.29) is 24.2 Å². The summed E-state index contributed by atoms with van der Waals surface area (Å²) in [7, 11) is -3.10. The fraction of sp³-hybridized carbons (Fsp3) is 0.290. The molecule has 42 heavy (non-hydrogen) atoms. The van der Waals surface area contributed by atoms with Crippen molar-refractivity contribution >= 4 is 43.8 Å². The van der Waals surface area contributed by atoms with Gasteiger partial charge in [0.05, 0.1) is 28.6 Å². The Morgan fingerprint density at radius 3 is 2.71 bits per heavy atom. The van der Waals surface area contributed by atoms with Gasteiger partial charge in [0.15, 0.2) is 5.60 Å². The van der Waals surface area contributed by atoms with Crippen molar-refractivity contribution in [3.05, 3.63) is 101 Å². The number of nitrogens with zero attached hydrogens (tertiary/aromatic N) is 2. The van der Waals surface area contributed by atoms with Crippen molar-refractivity contribution in [2.75, 3.05) is 23.9 Å². The lowest BCUT2D eigenvalue weighted by Gasteiger charge is -2.37. The van der Waals surface area contributed by atoms with Gasteiger partial charge in [-0.1, -0.05) is 36.7 Å². The lowest BCUT2D eigenvalue weighted by molar-refractivity contribution is 0.00159. The number of hydrogen-bond donors (Lipinski definition) is 2. The van der Waals surface area contributed by atoms with E-state index in [1.54, 1.807) is 30.5 Å². The predicted octanol–water partition coefficient (Wildman–Crippen LogP) is 6.29. The molecule has 8 nitrogen and oxygen atoms in total. The van der Waals surface area contributed by atoms with Gasteiger partial charge in [-0.15, -0.1) is 0 Å². The Hall–Kier alpha value is -3.73. The summed E-state index contributed by atoms with van der Waals surface area (Å²) in [4.78, 5) is 8.94. The monoisotopic (exact) mass is 610 g/mol. The van der Waals surface area contributed by atoms with E-state index in [0.29, 0.717) is 40.8 Å². The molecule has 4 aromatic rings. The molecule has 0 fully saturated rings. The summed E-state index contributed by atoms with van der Waals surface area (Å²) in [5.41, 5.74) is 2.36. The Morgan fingerprint density at radius 1 is 1.14 bits per heavy atom. The number of hydrogen-bond acceptors (Lipinski definition) is 8. The molecule has 2 N–H and O–H groups in total. The molecule has 220 valence electrons. The zero-order valence-electron chi connectivity index (χ0n) is 23.3. The third-order valence-corrected chi connectivity index (χ3v) is 8.47. The zero-order chi connectivity index (χ0) is 29.7. The molecule has 3 aromatic carbocycles. The van der Waals surface area contributed by atoms with E-state index in [4.69, 9.17) is 21.1 Å². The first kappa shape index (κ1) is 29.8. The van der Waals surface area contributed by atoms with Gasteiger partial charge < -0.3 is 20.1 Å². The van der Waals surface area contributed by atoms with Crippen LogP contribution in [0.15, 0.2) is 79.3 Å². The number of halogens is 2. The number of ether oxygens (including phenoxy) is 2. The fourth-order valence-corrected chi connectivity index (χ4v) is 5.87. The highest BCUT2D eigenvalue weighted by Crippen LogP contribution is 2.41. The summed E-state index contributed by atoms with van der Waals surface area (Å²) in [6.07, 6.45) is 7.76. The largest absolute Gasteiger partial charge is 0.489 e. The van der Waals surface area contributed by atoms with E-state index in [0.717, 1.165) is 22.9 Å². The molecule has 0 saturated heterocycles.